The van der Waals surface area contributed by atoms with Gasteiger partial charge in [-0.25, -0.2) is 0 Å². The third-order valence-corrected chi connectivity index (χ3v) is 4.72. The van der Waals surface area contributed by atoms with Gasteiger partial charge in [-0.3, -0.25) is 14.4 Å². The highest BCUT2D eigenvalue weighted by Gasteiger charge is 2.25. The molecular formula is C19H27N5O. The molecule has 0 radical (unpaired) electrons. The molecule has 1 aliphatic rings. The Kier molecular flexibility index (Phi) is 5.50. The molecule has 2 heterocycles. The molecule has 1 saturated heterocycles. The number of hydrogen-bond donors (Lipinski definition) is 2. The van der Waals surface area contributed by atoms with Crippen molar-refractivity contribution in [1.82, 2.24) is 25.3 Å². The first-order valence-electron chi connectivity index (χ1n) is 8.89. The third-order valence-electron chi connectivity index (χ3n) is 4.72. The standard InChI is InChI=1S/C19H27N5O/c1-14(2)24-17(7-8-22-24)13-23-10-9-21-12-18(23)15-5-4-6-16(11-15)19(25)20-3/h4-8,11,14,18,21H,9-10,12-13H2,1-3H3,(H,20,25)/t18-/m1/s1. The van der Waals surface area contributed by atoms with E-state index in [4.69, 9.17) is 0 Å². The van der Waals surface area contributed by atoms with E-state index in [0.29, 0.717) is 11.6 Å². The van der Waals surface area contributed by atoms with E-state index < -0.39 is 0 Å². The molecular weight excluding hydrogens is 314 g/mol. The quantitative estimate of drug-likeness (QED) is 0.873. The van der Waals surface area contributed by atoms with E-state index in [9.17, 15) is 4.79 Å². The number of carbonyl (C=O) groups is 1. The van der Waals surface area contributed by atoms with Crippen molar-refractivity contribution in [3.8, 4) is 0 Å². The summed E-state index contributed by atoms with van der Waals surface area (Å²) in [4.78, 5) is 14.4. The fraction of sp³-hybridized carbons (Fsp3) is 0.474. The molecule has 6 heteroatoms. The molecule has 25 heavy (non-hydrogen) atoms. The highest BCUT2D eigenvalue weighted by Crippen LogP contribution is 2.25. The molecule has 0 aliphatic carbocycles. The Bertz CT molecular complexity index is 724. The minimum absolute atomic E-state index is 0.0462. The van der Waals surface area contributed by atoms with Gasteiger partial charge in [-0.2, -0.15) is 5.10 Å². The molecule has 134 valence electrons. The van der Waals surface area contributed by atoms with Gasteiger partial charge in [-0.1, -0.05) is 12.1 Å². The van der Waals surface area contributed by atoms with Crippen LogP contribution in [-0.4, -0.2) is 47.3 Å². The third kappa shape index (κ3) is 3.91. The number of nitrogens with zero attached hydrogens (tertiary/aromatic N) is 3. The van der Waals surface area contributed by atoms with Gasteiger partial charge in [0.1, 0.15) is 0 Å². The van der Waals surface area contributed by atoms with E-state index in [-0.39, 0.29) is 11.9 Å². The molecule has 6 nitrogen and oxygen atoms in total. The zero-order chi connectivity index (χ0) is 17.8. The van der Waals surface area contributed by atoms with E-state index in [1.165, 1.54) is 11.3 Å². The minimum atomic E-state index is -0.0462. The number of aromatic nitrogens is 2. The van der Waals surface area contributed by atoms with Crippen LogP contribution in [-0.2, 0) is 6.54 Å². The van der Waals surface area contributed by atoms with Gasteiger partial charge in [0, 0.05) is 57.1 Å². The van der Waals surface area contributed by atoms with Gasteiger partial charge in [-0.15, -0.1) is 0 Å². The van der Waals surface area contributed by atoms with E-state index in [2.05, 4.69) is 51.3 Å². The Balaban J connectivity index is 1.84. The summed E-state index contributed by atoms with van der Waals surface area (Å²) in [5.74, 6) is -0.0462. The van der Waals surface area contributed by atoms with Crippen LogP contribution in [0.2, 0.25) is 0 Å². The van der Waals surface area contributed by atoms with Crippen molar-refractivity contribution >= 4 is 5.91 Å². The summed E-state index contributed by atoms with van der Waals surface area (Å²) in [5, 5.41) is 10.6. The number of carbonyl (C=O) groups excluding carboxylic acids is 1. The summed E-state index contributed by atoms with van der Waals surface area (Å²) in [6, 6.07) is 10.6. The number of hydrogen-bond acceptors (Lipinski definition) is 4. The lowest BCUT2D eigenvalue weighted by molar-refractivity contribution is 0.0962. The van der Waals surface area contributed by atoms with Gasteiger partial charge in [0.05, 0.1) is 5.69 Å². The molecule has 0 spiro atoms. The van der Waals surface area contributed by atoms with Crippen molar-refractivity contribution in [2.75, 3.05) is 26.7 Å². The highest BCUT2D eigenvalue weighted by atomic mass is 16.1. The van der Waals surface area contributed by atoms with Gasteiger partial charge in [0.15, 0.2) is 0 Å². The molecule has 2 aromatic rings. The van der Waals surface area contributed by atoms with Crippen molar-refractivity contribution in [3.05, 3.63) is 53.3 Å². The van der Waals surface area contributed by atoms with Crippen LogP contribution in [0.4, 0.5) is 0 Å². The molecule has 1 aromatic carbocycles. The molecule has 0 bridgehead atoms. The molecule has 1 aliphatic heterocycles. The van der Waals surface area contributed by atoms with E-state index >= 15 is 0 Å². The number of rotatable bonds is 5. The summed E-state index contributed by atoms with van der Waals surface area (Å²) in [7, 11) is 1.66. The van der Waals surface area contributed by atoms with Gasteiger partial charge >= 0.3 is 0 Å². The highest BCUT2D eigenvalue weighted by molar-refractivity contribution is 5.94. The Hall–Kier alpha value is -2.18. The first-order valence-corrected chi connectivity index (χ1v) is 8.89. The van der Waals surface area contributed by atoms with Crippen LogP contribution in [0.15, 0.2) is 36.5 Å². The lowest BCUT2D eigenvalue weighted by Crippen LogP contribution is -2.45. The maximum atomic E-state index is 12.0. The second kappa shape index (κ2) is 7.80. The summed E-state index contributed by atoms with van der Waals surface area (Å²) in [5.41, 5.74) is 3.10. The Morgan fingerprint density at radius 1 is 1.40 bits per heavy atom. The van der Waals surface area contributed by atoms with Gasteiger partial charge in [0.2, 0.25) is 0 Å². The predicted octanol–water partition coefficient (Wildman–Crippen LogP) is 1.97. The largest absolute Gasteiger partial charge is 0.355 e. The molecule has 0 saturated carbocycles. The molecule has 0 unspecified atom stereocenters. The second-order valence-electron chi connectivity index (χ2n) is 6.76. The molecule has 1 amide bonds. The van der Waals surface area contributed by atoms with Crippen molar-refractivity contribution < 1.29 is 4.79 Å². The first kappa shape index (κ1) is 17.6. The summed E-state index contributed by atoms with van der Waals surface area (Å²) < 4.78 is 2.08. The zero-order valence-corrected chi connectivity index (χ0v) is 15.2. The van der Waals surface area contributed by atoms with Crippen LogP contribution in [0, 0.1) is 0 Å². The monoisotopic (exact) mass is 341 g/mol. The number of benzene rings is 1. The average Bonchev–Trinajstić information content (AvgIpc) is 3.10. The first-order chi connectivity index (χ1) is 12.1. The molecule has 3 rings (SSSR count). The lowest BCUT2D eigenvalue weighted by atomic mass is 10.00. The van der Waals surface area contributed by atoms with E-state index in [0.717, 1.165) is 26.2 Å². The summed E-state index contributed by atoms with van der Waals surface area (Å²) >= 11 is 0. The fourth-order valence-corrected chi connectivity index (χ4v) is 3.44. The van der Waals surface area contributed by atoms with Crippen LogP contribution in [0.25, 0.3) is 0 Å². The minimum Gasteiger partial charge on any atom is -0.355 e. The lowest BCUT2D eigenvalue weighted by Gasteiger charge is -2.36. The fourth-order valence-electron chi connectivity index (χ4n) is 3.44. The average molecular weight is 341 g/mol. The molecule has 1 atom stereocenters. The van der Waals surface area contributed by atoms with Crippen molar-refractivity contribution in [1.29, 1.82) is 0 Å². The maximum Gasteiger partial charge on any atom is 0.251 e. The Morgan fingerprint density at radius 2 is 2.24 bits per heavy atom. The van der Waals surface area contributed by atoms with Crippen LogP contribution in [0.5, 0.6) is 0 Å². The summed E-state index contributed by atoms with van der Waals surface area (Å²) in [6.45, 7) is 7.98. The topological polar surface area (TPSA) is 62.2 Å². The Morgan fingerprint density at radius 3 is 3.00 bits per heavy atom. The zero-order valence-electron chi connectivity index (χ0n) is 15.2. The van der Waals surface area contributed by atoms with Crippen molar-refractivity contribution in [2.24, 2.45) is 0 Å². The van der Waals surface area contributed by atoms with Crippen LogP contribution >= 0.6 is 0 Å². The van der Waals surface area contributed by atoms with Crippen molar-refractivity contribution in [2.45, 2.75) is 32.5 Å². The van der Waals surface area contributed by atoms with Gasteiger partial charge in [-0.05, 0) is 37.6 Å². The maximum absolute atomic E-state index is 12.0. The number of amides is 1. The van der Waals surface area contributed by atoms with E-state index in [1.54, 1.807) is 7.05 Å². The van der Waals surface area contributed by atoms with Crippen LogP contribution < -0.4 is 10.6 Å². The number of piperazine rings is 1. The van der Waals surface area contributed by atoms with Gasteiger partial charge < -0.3 is 10.6 Å². The van der Waals surface area contributed by atoms with Crippen molar-refractivity contribution in [3.63, 3.8) is 0 Å². The number of nitrogens with one attached hydrogen (secondary N) is 2. The SMILES string of the molecule is CNC(=O)c1cccc([C@H]2CNCCN2Cc2ccnn2C(C)C)c1. The molecule has 1 fully saturated rings. The van der Waals surface area contributed by atoms with E-state index in [1.807, 2.05) is 24.4 Å². The second-order valence-corrected chi connectivity index (χ2v) is 6.76. The van der Waals surface area contributed by atoms with Gasteiger partial charge in [0.25, 0.3) is 5.91 Å². The summed E-state index contributed by atoms with van der Waals surface area (Å²) in [6.07, 6.45) is 1.87. The molecule has 1 aromatic heterocycles. The van der Waals surface area contributed by atoms with Crippen LogP contribution in [0.1, 0.15) is 47.5 Å². The normalized spacial score (nSPS) is 18.5. The Labute approximate surface area is 149 Å². The predicted molar refractivity (Wildman–Crippen MR) is 98.5 cm³/mol. The molecule has 2 N–H and O–H groups in total. The van der Waals surface area contributed by atoms with Crippen LogP contribution in [0.3, 0.4) is 0 Å². The smallest absolute Gasteiger partial charge is 0.251 e.